The Hall–Kier alpha value is 0.0300. The van der Waals surface area contributed by atoms with Crippen molar-refractivity contribution >= 4 is 11.6 Å². The van der Waals surface area contributed by atoms with Gasteiger partial charge in [-0.15, -0.1) is 11.6 Å². The average molecular weight is 201 g/mol. The summed E-state index contributed by atoms with van der Waals surface area (Å²) in [5.41, 5.74) is 0. The molecule has 0 aromatic carbocycles. The number of alkyl halides is 1. The van der Waals surface area contributed by atoms with Gasteiger partial charge >= 0.3 is 0 Å². The smallest absolute Gasteiger partial charge is 0.0258 e. The van der Waals surface area contributed by atoms with Crippen LogP contribution in [0.15, 0.2) is 12.2 Å². The van der Waals surface area contributed by atoms with Gasteiger partial charge in [-0.05, 0) is 31.1 Å². The van der Waals surface area contributed by atoms with Gasteiger partial charge in [0.2, 0.25) is 0 Å². The summed E-state index contributed by atoms with van der Waals surface area (Å²) in [6, 6.07) is 0. The molecule has 1 saturated carbocycles. The standard InChI is InChI=1S/C12H21Cl/c1-2-11-7-5-8-12(10-11)6-3-4-9-13/h3,6,11-12H,2,4-5,7-10H2,1H3. The van der Waals surface area contributed by atoms with E-state index < -0.39 is 0 Å². The van der Waals surface area contributed by atoms with Crippen molar-refractivity contribution in [2.75, 3.05) is 5.88 Å². The minimum Gasteiger partial charge on any atom is -0.126 e. The topological polar surface area (TPSA) is 0 Å². The second-order valence-corrected chi connectivity index (χ2v) is 4.48. The summed E-state index contributed by atoms with van der Waals surface area (Å²) in [6.07, 6.45) is 12.7. The van der Waals surface area contributed by atoms with Gasteiger partial charge in [-0.25, -0.2) is 0 Å². The van der Waals surface area contributed by atoms with Crippen molar-refractivity contribution in [3.63, 3.8) is 0 Å². The van der Waals surface area contributed by atoms with Gasteiger partial charge < -0.3 is 0 Å². The quantitative estimate of drug-likeness (QED) is 0.467. The van der Waals surface area contributed by atoms with Crippen LogP contribution in [-0.2, 0) is 0 Å². The molecule has 1 fully saturated rings. The van der Waals surface area contributed by atoms with E-state index in [1.807, 2.05) is 0 Å². The molecule has 0 nitrogen and oxygen atoms in total. The van der Waals surface area contributed by atoms with Crippen LogP contribution >= 0.6 is 11.6 Å². The zero-order chi connectivity index (χ0) is 9.52. The summed E-state index contributed by atoms with van der Waals surface area (Å²) in [6.45, 7) is 2.32. The molecule has 0 spiro atoms. The van der Waals surface area contributed by atoms with Crippen LogP contribution in [0.4, 0.5) is 0 Å². The van der Waals surface area contributed by atoms with Gasteiger partial charge in [0, 0.05) is 5.88 Å². The van der Waals surface area contributed by atoms with Crippen molar-refractivity contribution in [1.82, 2.24) is 0 Å². The molecule has 1 rings (SSSR count). The molecule has 13 heavy (non-hydrogen) atoms. The molecule has 2 unspecified atom stereocenters. The number of halogens is 1. The molecule has 0 N–H and O–H groups in total. The first-order valence-corrected chi connectivity index (χ1v) is 6.13. The van der Waals surface area contributed by atoms with Crippen molar-refractivity contribution in [3.8, 4) is 0 Å². The first-order chi connectivity index (χ1) is 6.36. The van der Waals surface area contributed by atoms with Crippen molar-refractivity contribution in [3.05, 3.63) is 12.2 Å². The fraction of sp³-hybridized carbons (Fsp3) is 0.833. The first kappa shape index (κ1) is 11.1. The van der Waals surface area contributed by atoms with Crippen LogP contribution in [0.1, 0.15) is 45.4 Å². The number of hydrogen-bond donors (Lipinski definition) is 0. The summed E-state index contributed by atoms with van der Waals surface area (Å²) in [4.78, 5) is 0. The van der Waals surface area contributed by atoms with Crippen LogP contribution in [0.5, 0.6) is 0 Å². The van der Waals surface area contributed by atoms with Crippen molar-refractivity contribution < 1.29 is 0 Å². The lowest BCUT2D eigenvalue weighted by Gasteiger charge is -2.26. The lowest BCUT2D eigenvalue weighted by molar-refractivity contribution is 0.297. The van der Waals surface area contributed by atoms with Crippen molar-refractivity contribution in [2.24, 2.45) is 11.8 Å². The summed E-state index contributed by atoms with van der Waals surface area (Å²) in [5, 5.41) is 0. The van der Waals surface area contributed by atoms with Crippen LogP contribution in [0.3, 0.4) is 0 Å². The molecule has 2 atom stereocenters. The third kappa shape index (κ3) is 4.17. The highest BCUT2D eigenvalue weighted by Gasteiger charge is 2.18. The molecule has 1 heteroatoms. The number of allylic oxidation sites excluding steroid dienone is 2. The monoisotopic (exact) mass is 200 g/mol. The van der Waals surface area contributed by atoms with Crippen molar-refractivity contribution in [2.45, 2.75) is 45.4 Å². The third-order valence-electron chi connectivity index (χ3n) is 3.08. The average Bonchev–Trinajstić information content (AvgIpc) is 2.19. The van der Waals surface area contributed by atoms with Crippen molar-refractivity contribution in [1.29, 1.82) is 0 Å². The minimum atomic E-state index is 0.764. The molecule has 0 aliphatic heterocycles. The maximum atomic E-state index is 5.62. The molecule has 1 aliphatic carbocycles. The summed E-state index contributed by atoms with van der Waals surface area (Å²) >= 11 is 5.62. The highest BCUT2D eigenvalue weighted by molar-refractivity contribution is 6.17. The third-order valence-corrected chi connectivity index (χ3v) is 3.30. The van der Waals surface area contributed by atoms with E-state index in [0.29, 0.717) is 0 Å². The van der Waals surface area contributed by atoms with Gasteiger partial charge in [-0.3, -0.25) is 0 Å². The van der Waals surface area contributed by atoms with E-state index in [4.69, 9.17) is 11.6 Å². The molecule has 0 saturated heterocycles. The van der Waals surface area contributed by atoms with Crippen LogP contribution in [0.25, 0.3) is 0 Å². The Kier molecular flexibility index (Phi) is 5.54. The molecule has 0 aromatic rings. The highest BCUT2D eigenvalue weighted by atomic mass is 35.5. The van der Waals surface area contributed by atoms with Crippen LogP contribution in [0.2, 0.25) is 0 Å². The zero-order valence-corrected chi connectivity index (χ0v) is 9.39. The van der Waals surface area contributed by atoms with Gasteiger partial charge in [0.15, 0.2) is 0 Å². The summed E-state index contributed by atoms with van der Waals surface area (Å²) in [7, 11) is 0. The van der Waals surface area contributed by atoms with Gasteiger partial charge in [-0.2, -0.15) is 0 Å². The fourth-order valence-electron chi connectivity index (χ4n) is 2.23. The normalized spacial score (nSPS) is 29.7. The van der Waals surface area contributed by atoms with Gasteiger partial charge in [0.1, 0.15) is 0 Å². The van der Waals surface area contributed by atoms with E-state index in [1.165, 1.54) is 32.1 Å². The van der Waals surface area contributed by atoms with Gasteiger partial charge in [0.05, 0.1) is 0 Å². The molecule has 0 heterocycles. The number of rotatable bonds is 4. The maximum Gasteiger partial charge on any atom is 0.0258 e. The second-order valence-electron chi connectivity index (χ2n) is 4.11. The zero-order valence-electron chi connectivity index (χ0n) is 8.64. The first-order valence-electron chi connectivity index (χ1n) is 5.59. The molecule has 1 aliphatic rings. The van der Waals surface area contributed by atoms with E-state index in [2.05, 4.69) is 19.1 Å². The van der Waals surface area contributed by atoms with Gasteiger partial charge in [-0.1, -0.05) is 38.3 Å². The van der Waals surface area contributed by atoms with E-state index >= 15 is 0 Å². The molecule has 0 radical (unpaired) electrons. The molecule has 0 aromatic heterocycles. The van der Waals surface area contributed by atoms with E-state index in [1.54, 1.807) is 0 Å². The van der Waals surface area contributed by atoms with Crippen LogP contribution < -0.4 is 0 Å². The number of hydrogen-bond acceptors (Lipinski definition) is 0. The lowest BCUT2D eigenvalue weighted by Crippen LogP contribution is -2.13. The summed E-state index contributed by atoms with van der Waals surface area (Å²) < 4.78 is 0. The lowest BCUT2D eigenvalue weighted by atomic mass is 9.80. The Morgan fingerprint density at radius 1 is 1.38 bits per heavy atom. The van der Waals surface area contributed by atoms with E-state index in [-0.39, 0.29) is 0 Å². The predicted octanol–water partition coefficient (Wildman–Crippen LogP) is 4.39. The minimum absolute atomic E-state index is 0.764. The second kappa shape index (κ2) is 6.48. The molecule has 76 valence electrons. The van der Waals surface area contributed by atoms with Gasteiger partial charge in [0.25, 0.3) is 0 Å². The Labute approximate surface area is 87.4 Å². The van der Waals surface area contributed by atoms with Crippen LogP contribution in [0, 0.1) is 11.8 Å². The Balaban J connectivity index is 2.25. The molecular weight excluding hydrogens is 180 g/mol. The predicted molar refractivity (Wildman–Crippen MR) is 60.2 cm³/mol. The Morgan fingerprint density at radius 3 is 2.92 bits per heavy atom. The largest absolute Gasteiger partial charge is 0.126 e. The molecule has 0 bridgehead atoms. The highest BCUT2D eigenvalue weighted by Crippen LogP contribution is 2.31. The van der Waals surface area contributed by atoms with Crippen LogP contribution in [-0.4, -0.2) is 5.88 Å². The van der Waals surface area contributed by atoms with E-state index in [9.17, 15) is 0 Å². The van der Waals surface area contributed by atoms with E-state index in [0.717, 1.165) is 24.1 Å². The maximum absolute atomic E-state index is 5.62. The molecular formula is C12H21Cl. The molecule has 0 amide bonds. The fourth-order valence-corrected chi connectivity index (χ4v) is 2.36. The SMILES string of the molecule is CCC1CCCC(C=CCCCl)C1. The summed E-state index contributed by atoms with van der Waals surface area (Å²) in [5.74, 6) is 2.60. The Bertz CT molecular complexity index is 151. The Morgan fingerprint density at radius 2 is 2.23 bits per heavy atom.